The summed E-state index contributed by atoms with van der Waals surface area (Å²) in [7, 11) is 1.89. The summed E-state index contributed by atoms with van der Waals surface area (Å²) in [4.78, 5) is 107. The quantitative estimate of drug-likeness (QED) is 0.110. The van der Waals surface area contributed by atoms with E-state index in [0.717, 1.165) is 102 Å². The average molecular weight is 1920 g/mol. The van der Waals surface area contributed by atoms with Gasteiger partial charge in [-0.25, -0.2) is 27.2 Å². The highest BCUT2D eigenvalue weighted by Gasteiger charge is 2.56. The Hall–Kier alpha value is -7.95. The third-order valence-corrected chi connectivity index (χ3v) is 29.7. The van der Waals surface area contributed by atoms with Crippen LogP contribution in [0.25, 0.3) is 0 Å². The van der Waals surface area contributed by atoms with Crippen molar-refractivity contribution in [1.29, 1.82) is 0 Å². The van der Waals surface area contributed by atoms with Gasteiger partial charge in [-0.05, 0) is 311 Å². The van der Waals surface area contributed by atoms with E-state index in [2.05, 4.69) is 114 Å². The number of nitrogens with zero attached hydrogens (tertiary/aromatic N) is 6. The van der Waals surface area contributed by atoms with Crippen LogP contribution in [0, 0.1) is 55.9 Å². The highest BCUT2D eigenvalue weighted by molar-refractivity contribution is 6.32. The Balaban J connectivity index is 0.000000215. The number of carboxylic acid groups (broad SMARTS) is 2. The van der Waals surface area contributed by atoms with Crippen LogP contribution in [-0.2, 0) is 54.5 Å². The van der Waals surface area contributed by atoms with Crippen LogP contribution in [0.4, 0.5) is 40.3 Å². The molecular weight excluding hydrogens is 1780 g/mol. The first-order valence-electron chi connectivity index (χ1n) is 45.0. The molecule has 3 aliphatic carbocycles. The van der Waals surface area contributed by atoms with Gasteiger partial charge < -0.3 is 54.7 Å². The number of likely N-dealkylation sites (N-methyl/N-ethyl adjacent to an activating group) is 1. The number of hydrogen-bond donors (Lipinski definition) is 3. The molecule has 8 aliphatic rings. The molecule has 726 valence electrons. The van der Waals surface area contributed by atoms with E-state index in [1.54, 1.807) is 20.8 Å². The monoisotopic (exact) mass is 1910 g/mol. The van der Waals surface area contributed by atoms with E-state index in [-0.39, 0.29) is 116 Å². The molecule has 31 heteroatoms. The standard InChI is InChI=1S/C34H44ClF2N3O2.C25H37ClN2O3.C24H35ClN2O3.C15H19F2NO2.C2HF3O2.ClH/c1-20-14-24-27(16-29(20)35)34(17-28(24)33(6,7)38-21(2)41)10-12-39(13-11-34)31(42)26-19-40(32(3,4)5)18-25(26)23-9-8-22(36)15-30(23)37;1-16-13-18-19(14-21(16)26)25(15-20(18)24(6,7)27(8)17(2)29)9-11-28(12-10-25)22(30)31-23(3,4)5;1-15-12-17-18(13-20(15)25)24(14-19(17)23(6,7)26-16(2)28)8-10-27(11-9-24)21(29)30-22(3,4)5;1-15(2,3)18-7-11(12(8-18)14(19)20)10-5-4-9(16)6-13(10)17;3-2(4,5)1(6)7;/h8-9,14-16,25-26,28H,10-13,17-19H2,1-7H3,(H,38,41);13-14,20H,9-12,15H2,1-8H3;12-13,19H,8-11,14H2,1-7H3,(H,26,28);4-6,11-12H,7-8H2,1-3H3,(H,19,20);(H,6,7);1H/p-1/t25-,26?,28-;20-;19-;11-,12?;;/m0000../s1. The van der Waals surface area contributed by atoms with Gasteiger partial charge in [-0.1, -0.05) is 65.1 Å². The normalized spacial score (nSPS) is 21.7. The lowest BCUT2D eigenvalue weighted by Crippen LogP contribution is -2.49. The van der Waals surface area contributed by atoms with Crippen molar-refractivity contribution in [3.05, 3.63) is 172 Å². The predicted octanol–water partition coefficient (Wildman–Crippen LogP) is 20.3. The highest BCUT2D eigenvalue weighted by Crippen LogP contribution is 2.60. The number of carbonyl (C=O) groups is 8. The topological polar surface area (TPSA) is 242 Å². The predicted molar refractivity (Wildman–Crippen MR) is 498 cm³/mol. The zero-order valence-electron chi connectivity index (χ0n) is 80.7. The third kappa shape index (κ3) is 25.0. The Labute approximate surface area is 790 Å². The lowest BCUT2D eigenvalue weighted by molar-refractivity contribution is -0.344. The zero-order valence-corrected chi connectivity index (χ0v) is 83.8. The number of carboxylic acids is 2. The van der Waals surface area contributed by atoms with Gasteiger partial charge in [-0.15, -0.1) is 12.4 Å². The molecule has 0 saturated carbocycles. The summed E-state index contributed by atoms with van der Waals surface area (Å²) < 4.78 is 98.4. The summed E-state index contributed by atoms with van der Waals surface area (Å²) in [5.74, 6) is -7.78. The van der Waals surface area contributed by atoms with Gasteiger partial charge in [0.1, 0.15) is 40.4 Å². The van der Waals surface area contributed by atoms with Crippen molar-refractivity contribution < 1.29 is 88.8 Å². The molecule has 7 atom stereocenters. The first kappa shape index (κ1) is 108. The number of alkyl halides is 3. The van der Waals surface area contributed by atoms with Crippen molar-refractivity contribution in [2.75, 3.05) is 72.5 Å². The molecule has 6 amide bonds. The van der Waals surface area contributed by atoms with Crippen LogP contribution in [0.2, 0.25) is 15.1 Å². The minimum Gasteiger partial charge on any atom is -0.542 e. The summed E-state index contributed by atoms with van der Waals surface area (Å²) in [6.45, 7) is 52.9. The Morgan fingerprint density at radius 2 is 0.756 bits per heavy atom. The number of piperidine rings is 3. The van der Waals surface area contributed by atoms with Crippen LogP contribution in [0.1, 0.15) is 294 Å². The lowest BCUT2D eigenvalue weighted by atomic mass is 9.71. The molecule has 5 fully saturated rings. The zero-order chi connectivity index (χ0) is 97.8. The molecule has 3 N–H and O–H groups in total. The molecule has 3 spiro atoms. The molecular formula is C100H136Cl4F7N8O12-. The van der Waals surface area contributed by atoms with Crippen LogP contribution >= 0.6 is 47.2 Å². The van der Waals surface area contributed by atoms with Crippen molar-refractivity contribution in [1.82, 2.24) is 40.0 Å². The molecule has 131 heavy (non-hydrogen) atoms. The number of amides is 6. The summed E-state index contributed by atoms with van der Waals surface area (Å²) in [6.07, 6.45) is 2.16. The van der Waals surface area contributed by atoms with Crippen molar-refractivity contribution in [2.45, 2.75) is 315 Å². The van der Waals surface area contributed by atoms with E-state index in [1.165, 1.54) is 57.6 Å². The van der Waals surface area contributed by atoms with E-state index in [9.17, 15) is 69.4 Å². The van der Waals surface area contributed by atoms with Gasteiger partial charge in [0.05, 0.1) is 11.8 Å². The molecule has 0 radical (unpaired) electrons. The number of fused-ring (bicyclic) bond motifs is 6. The van der Waals surface area contributed by atoms with Gasteiger partial charge in [0.15, 0.2) is 0 Å². The van der Waals surface area contributed by atoms with Gasteiger partial charge in [-0.2, -0.15) is 13.2 Å². The Kier molecular flexibility index (Phi) is 33.5. The maximum atomic E-state index is 15.0. The maximum absolute atomic E-state index is 15.0. The number of aliphatic carboxylic acids is 2. The highest BCUT2D eigenvalue weighted by atomic mass is 35.5. The number of likely N-dealkylation sites (tertiary alicyclic amines) is 5. The van der Waals surface area contributed by atoms with E-state index in [1.807, 2.05) is 115 Å². The molecule has 0 aromatic heterocycles. The Morgan fingerprint density at radius 3 is 1.04 bits per heavy atom. The molecule has 20 nitrogen and oxygen atoms in total. The molecule has 5 aromatic rings. The minimum atomic E-state index is -5.19. The van der Waals surface area contributed by atoms with Crippen LogP contribution in [-0.4, -0.2) is 200 Å². The largest absolute Gasteiger partial charge is 0.542 e. The van der Waals surface area contributed by atoms with Gasteiger partial charge in [-0.3, -0.25) is 33.8 Å². The average Bonchev–Trinajstić information content (AvgIpc) is 1.58. The second kappa shape index (κ2) is 40.5. The van der Waals surface area contributed by atoms with Crippen LogP contribution in [0.5, 0.6) is 0 Å². The molecule has 5 saturated heterocycles. The summed E-state index contributed by atoms with van der Waals surface area (Å²) in [5, 5.41) is 26.8. The first-order valence-corrected chi connectivity index (χ1v) is 46.1. The second-order valence-corrected chi connectivity index (χ2v) is 44.2. The molecule has 0 bridgehead atoms. The van der Waals surface area contributed by atoms with E-state index in [0.29, 0.717) is 71.0 Å². The van der Waals surface area contributed by atoms with E-state index < -0.39 is 75.9 Å². The fourth-order valence-electron chi connectivity index (χ4n) is 21.0. The number of nitrogens with one attached hydrogen (secondary N) is 2. The van der Waals surface area contributed by atoms with Crippen molar-refractivity contribution in [3.8, 4) is 0 Å². The van der Waals surface area contributed by atoms with Gasteiger partial charge in [0.2, 0.25) is 23.6 Å². The number of carbonyl (C=O) groups excluding carboxylic acids is 7. The smallest absolute Gasteiger partial charge is 0.430 e. The third-order valence-electron chi connectivity index (χ3n) is 28.4. The molecule has 13 rings (SSSR count). The molecule has 5 aromatic carbocycles. The molecule has 5 heterocycles. The summed E-state index contributed by atoms with van der Waals surface area (Å²) in [6, 6.07) is 20.0. The lowest BCUT2D eigenvalue weighted by Gasteiger charge is -2.43. The fraction of sp³-hybridized carbons (Fsp3) is 0.620. The Bertz CT molecular complexity index is 5050. The van der Waals surface area contributed by atoms with Gasteiger partial charge in [0.25, 0.3) is 0 Å². The van der Waals surface area contributed by atoms with Crippen molar-refractivity contribution >= 4 is 95.0 Å². The van der Waals surface area contributed by atoms with Crippen LogP contribution in [0.3, 0.4) is 0 Å². The van der Waals surface area contributed by atoms with Gasteiger partial charge in [0, 0.05) is 178 Å². The minimum absolute atomic E-state index is 0. The summed E-state index contributed by atoms with van der Waals surface area (Å²) in [5.41, 5.74) is 8.75. The van der Waals surface area contributed by atoms with Gasteiger partial charge >= 0.3 is 24.3 Å². The number of benzene rings is 5. The number of aryl methyl sites for hydroxylation is 3. The first-order chi connectivity index (χ1) is 59.6. The molecule has 5 aliphatic heterocycles. The van der Waals surface area contributed by atoms with Crippen LogP contribution in [0.15, 0.2) is 72.8 Å². The fourth-order valence-corrected chi connectivity index (χ4v) is 21.5. The summed E-state index contributed by atoms with van der Waals surface area (Å²) >= 11 is 19.8. The number of halogens is 11. The van der Waals surface area contributed by atoms with E-state index in [4.69, 9.17) is 54.2 Å². The van der Waals surface area contributed by atoms with Crippen molar-refractivity contribution in [3.63, 3.8) is 0 Å². The number of rotatable bonds is 10. The number of ether oxygens (including phenoxy) is 2. The van der Waals surface area contributed by atoms with E-state index >= 15 is 0 Å². The number of hydrogen-bond acceptors (Lipinski definition) is 13. The Morgan fingerprint density at radius 1 is 0.458 bits per heavy atom. The van der Waals surface area contributed by atoms with Crippen LogP contribution < -0.4 is 15.7 Å². The molecule has 2 unspecified atom stereocenters. The van der Waals surface area contributed by atoms with Crippen molar-refractivity contribution in [2.24, 2.45) is 11.8 Å². The SMILES string of the molecule is CC(=O)N(C)C(C)(C)[C@H]1CC2(CCN(C(=O)OC(C)(C)C)CC2)c2cc(Cl)c(C)cc21.CC(=O)NC(C)(C)[C@H]1CC2(CCN(C(=O)C3CN(C(C)(C)C)C[C@H]3c3ccc(F)cc3F)CC2)c2cc(Cl)c(C)cc21.CC(=O)NC(C)(C)[C@H]1CC2(CCN(C(=O)OC(C)(C)C)CC2)c2cc(Cl)c(C)cc21.CC(C)(C)N1CC(C(=O)O)[C@H](c2ccc(F)cc2F)C1.Cl.O=C([O-])C(F)(F)F. The maximum Gasteiger partial charge on any atom is 0.430 e. The second-order valence-electron chi connectivity index (χ2n) is 43.0.